The van der Waals surface area contributed by atoms with Gasteiger partial charge in [0.1, 0.15) is 23.5 Å². The molecule has 0 fully saturated rings. The van der Waals surface area contributed by atoms with Crippen molar-refractivity contribution in [3.05, 3.63) is 103 Å². The number of nitrogens with one attached hydrogen (secondary N) is 1. The van der Waals surface area contributed by atoms with Crippen molar-refractivity contribution in [1.29, 1.82) is 0 Å². The van der Waals surface area contributed by atoms with Gasteiger partial charge in [-0.2, -0.15) is 4.98 Å². The van der Waals surface area contributed by atoms with Gasteiger partial charge in [-0.15, -0.1) is 0 Å². The fraction of sp³-hybridized carbons (Fsp3) is 0.0741. The molecular formula is C27H21N5O. The van der Waals surface area contributed by atoms with E-state index < -0.39 is 0 Å². The molecule has 0 aliphatic heterocycles. The molecule has 0 amide bonds. The minimum atomic E-state index is 0.0901. The summed E-state index contributed by atoms with van der Waals surface area (Å²) >= 11 is 0. The number of para-hydroxylation sites is 1. The Hall–Kier alpha value is -4.45. The van der Waals surface area contributed by atoms with Gasteiger partial charge >= 0.3 is 0 Å². The number of fused-ring (bicyclic) bond motifs is 2. The molecule has 6 heteroatoms. The van der Waals surface area contributed by atoms with Crippen LogP contribution in [-0.4, -0.2) is 19.5 Å². The van der Waals surface area contributed by atoms with E-state index in [0.717, 1.165) is 39.1 Å². The molecule has 3 aromatic heterocycles. The molecule has 1 atom stereocenters. The van der Waals surface area contributed by atoms with Crippen molar-refractivity contribution in [2.75, 3.05) is 5.32 Å². The first-order valence-electron chi connectivity index (χ1n) is 10.9. The van der Waals surface area contributed by atoms with Gasteiger partial charge in [0.25, 0.3) is 0 Å². The predicted octanol–water partition coefficient (Wildman–Crippen LogP) is 6.40. The summed E-state index contributed by atoms with van der Waals surface area (Å²) in [5, 5.41) is 4.47. The van der Waals surface area contributed by atoms with Gasteiger partial charge < -0.3 is 9.73 Å². The summed E-state index contributed by atoms with van der Waals surface area (Å²) in [6, 6.07) is 28.4. The second kappa shape index (κ2) is 7.91. The van der Waals surface area contributed by atoms with Gasteiger partial charge in [0.05, 0.1) is 17.1 Å². The Labute approximate surface area is 190 Å². The standard InChI is InChI=1S/C27H21N5O/c1-18(19-7-3-2-4-8-19)30-27-28-14-13-26(31-27)32-17-29-22-15-21(11-12-23(22)32)25-16-20-9-5-6-10-24(20)33-25/h2-18H,1H3,(H,28,30,31)/t18-/m0/s1. The number of rotatable bonds is 5. The summed E-state index contributed by atoms with van der Waals surface area (Å²) in [6.07, 6.45) is 3.55. The first kappa shape index (κ1) is 19.3. The predicted molar refractivity (Wildman–Crippen MR) is 130 cm³/mol. The maximum atomic E-state index is 6.02. The lowest BCUT2D eigenvalue weighted by molar-refractivity contribution is 0.631. The highest BCUT2D eigenvalue weighted by Crippen LogP contribution is 2.30. The Morgan fingerprint density at radius 2 is 1.73 bits per heavy atom. The van der Waals surface area contributed by atoms with Crippen molar-refractivity contribution in [2.24, 2.45) is 0 Å². The molecule has 0 bridgehead atoms. The maximum Gasteiger partial charge on any atom is 0.225 e. The third kappa shape index (κ3) is 3.61. The van der Waals surface area contributed by atoms with Gasteiger partial charge in [-0.1, -0.05) is 48.5 Å². The van der Waals surface area contributed by atoms with Crippen LogP contribution >= 0.6 is 0 Å². The second-order valence-corrected chi connectivity index (χ2v) is 7.98. The monoisotopic (exact) mass is 431 g/mol. The highest BCUT2D eigenvalue weighted by Gasteiger charge is 2.12. The van der Waals surface area contributed by atoms with Crippen LogP contribution in [0.5, 0.6) is 0 Å². The number of aromatic nitrogens is 4. The van der Waals surface area contributed by atoms with Crippen LogP contribution in [0.2, 0.25) is 0 Å². The maximum absolute atomic E-state index is 6.02. The van der Waals surface area contributed by atoms with Gasteiger partial charge in [0.15, 0.2) is 0 Å². The van der Waals surface area contributed by atoms with E-state index in [-0.39, 0.29) is 6.04 Å². The molecule has 6 rings (SSSR count). The lowest BCUT2D eigenvalue weighted by Gasteiger charge is -2.14. The molecule has 6 aromatic rings. The van der Waals surface area contributed by atoms with Crippen LogP contribution in [0.4, 0.5) is 5.95 Å². The number of nitrogens with zero attached hydrogens (tertiary/aromatic N) is 4. The van der Waals surface area contributed by atoms with E-state index in [0.29, 0.717) is 5.95 Å². The van der Waals surface area contributed by atoms with Crippen molar-refractivity contribution < 1.29 is 4.42 Å². The van der Waals surface area contributed by atoms with Crippen LogP contribution in [0.3, 0.4) is 0 Å². The zero-order valence-electron chi connectivity index (χ0n) is 18.0. The van der Waals surface area contributed by atoms with Crippen LogP contribution < -0.4 is 5.32 Å². The Kier molecular flexibility index (Phi) is 4.61. The van der Waals surface area contributed by atoms with Gasteiger partial charge in [0.2, 0.25) is 5.95 Å². The number of hydrogen-bond acceptors (Lipinski definition) is 5. The van der Waals surface area contributed by atoms with Gasteiger partial charge in [-0.25, -0.2) is 9.97 Å². The van der Waals surface area contributed by atoms with Crippen LogP contribution in [0, 0.1) is 0 Å². The van der Waals surface area contributed by atoms with E-state index in [1.807, 2.05) is 59.2 Å². The number of anilines is 1. The molecule has 0 saturated heterocycles. The Morgan fingerprint density at radius 3 is 2.61 bits per heavy atom. The van der Waals surface area contributed by atoms with E-state index in [4.69, 9.17) is 9.40 Å². The third-order valence-electron chi connectivity index (χ3n) is 5.79. The Morgan fingerprint density at radius 1 is 0.879 bits per heavy atom. The van der Waals surface area contributed by atoms with Crippen molar-refractivity contribution in [2.45, 2.75) is 13.0 Å². The first-order chi connectivity index (χ1) is 16.2. The Balaban J connectivity index is 1.31. The van der Waals surface area contributed by atoms with Gasteiger partial charge in [-0.05, 0) is 48.9 Å². The molecule has 33 heavy (non-hydrogen) atoms. The Bertz CT molecular complexity index is 1530. The normalized spacial score (nSPS) is 12.3. The minimum absolute atomic E-state index is 0.0901. The summed E-state index contributed by atoms with van der Waals surface area (Å²) in [5.41, 5.74) is 4.89. The molecule has 0 saturated carbocycles. The lowest BCUT2D eigenvalue weighted by atomic mass is 10.1. The van der Waals surface area contributed by atoms with Gasteiger partial charge in [-0.3, -0.25) is 4.57 Å². The average molecular weight is 431 g/mol. The van der Waals surface area contributed by atoms with E-state index in [2.05, 4.69) is 52.5 Å². The summed E-state index contributed by atoms with van der Waals surface area (Å²) in [4.78, 5) is 13.7. The summed E-state index contributed by atoms with van der Waals surface area (Å²) in [7, 11) is 0. The minimum Gasteiger partial charge on any atom is -0.456 e. The fourth-order valence-electron chi connectivity index (χ4n) is 4.04. The third-order valence-corrected chi connectivity index (χ3v) is 5.79. The molecule has 160 valence electrons. The molecular weight excluding hydrogens is 410 g/mol. The van der Waals surface area contributed by atoms with E-state index in [1.54, 1.807) is 12.5 Å². The van der Waals surface area contributed by atoms with E-state index >= 15 is 0 Å². The molecule has 1 N–H and O–H groups in total. The highest BCUT2D eigenvalue weighted by molar-refractivity contribution is 5.86. The van der Waals surface area contributed by atoms with Crippen LogP contribution in [0.1, 0.15) is 18.5 Å². The molecule has 3 aromatic carbocycles. The number of benzene rings is 3. The quantitative estimate of drug-likeness (QED) is 0.342. The topological polar surface area (TPSA) is 68.8 Å². The van der Waals surface area contributed by atoms with Crippen molar-refractivity contribution >= 4 is 28.0 Å². The lowest BCUT2D eigenvalue weighted by Crippen LogP contribution is -2.10. The number of hydrogen-bond donors (Lipinski definition) is 1. The fourth-order valence-corrected chi connectivity index (χ4v) is 4.04. The summed E-state index contributed by atoms with van der Waals surface area (Å²) in [6.45, 7) is 2.09. The molecule has 0 spiro atoms. The van der Waals surface area contributed by atoms with E-state index in [1.165, 1.54) is 5.56 Å². The largest absolute Gasteiger partial charge is 0.456 e. The molecule has 3 heterocycles. The van der Waals surface area contributed by atoms with Crippen molar-refractivity contribution in [3.8, 4) is 17.1 Å². The molecule has 6 nitrogen and oxygen atoms in total. The molecule has 0 radical (unpaired) electrons. The van der Waals surface area contributed by atoms with Gasteiger partial charge in [0, 0.05) is 17.1 Å². The number of imidazole rings is 1. The smallest absolute Gasteiger partial charge is 0.225 e. The zero-order valence-corrected chi connectivity index (χ0v) is 18.0. The van der Waals surface area contributed by atoms with Crippen LogP contribution in [0.25, 0.3) is 39.1 Å². The molecule has 0 aliphatic rings. The first-order valence-corrected chi connectivity index (χ1v) is 10.9. The highest BCUT2D eigenvalue weighted by atomic mass is 16.3. The van der Waals surface area contributed by atoms with Crippen LogP contribution in [0.15, 0.2) is 102 Å². The molecule has 0 unspecified atom stereocenters. The van der Waals surface area contributed by atoms with Crippen LogP contribution in [-0.2, 0) is 0 Å². The van der Waals surface area contributed by atoms with Crippen molar-refractivity contribution in [3.63, 3.8) is 0 Å². The second-order valence-electron chi connectivity index (χ2n) is 7.98. The zero-order chi connectivity index (χ0) is 22.2. The number of furan rings is 1. The average Bonchev–Trinajstić information content (AvgIpc) is 3.49. The van der Waals surface area contributed by atoms with Crippen molar-refractivity contribution in [1.82, 2.24) is 19.5 Å². The van der Waals surface area contributed by atoms with E-state index in [9.17, 15) is 0 Å². The molecule has 0 aliphatic carbocycles. The summed E-state index contributed by atoms with van der Waals surface area (Å²) < 4.78 is 7.99. The summed E-state index contributed by atoms with van der Waals surface area (Å²) in [5.74, 6) is 2.16. The SMILES string of the molecule is C[C@H](Nc1nccc(-n2cnc3cc(-c4cc5ccccc5o4)ccc32)n1)c1ccccc1.